The summed E-state index contributed by atoms with van der Waals surface area (Å²) in [6.07, 6.45) is 3.15. The molecule has 22 heavy (non-hydrogen) atoms. The summed E-state index contributed by atoms with van der Waals surface area (Å²) in [5.41, 5.74) is 0.589. The normalized spacial score (nSPS) is 23.6. The largest absolute Gasteiger partial charge is 0.345 e. The van der Waals surface area contributed by atoms with Crippen molar-refractivity contribution in [3.8, 4) is 0 Å². The summed E-state index contributed by atoms with van der Waals surface area (Å²) in [6, 6.07) is 3.88. The average molecular weight is 322 g/mol. The molecule has 0 unspecified atom stereocenters. The molecular formula is C15H22N4O2S. The van der Waals surface area contributed by atoms with E-state index in [0.29, 0.717) is 23.0 Å². The molecule has 2 N–H and O–H groups in total. The Morgan fingerprint density at radius 3 is 2.86 bits per heavy atom. The Hall–Kier alpha value is -1.44. The van der Waals surface area contributed by atoms with Crippen molar-refractivity contribution < 1.29 is 8.42 Å². The molecule has 6 nitrogen and oxygen atoms in total. The van der Waals surface area contributed by atoms with Crippen LogP contribution in [-0.4, -0.2) is 48.5 Å². The maximum Gasteiger partial charge on any atom is 0.243 e. The molecule has 3 heterocycles. The lowest BCUT2D eigenvalue weighted by atomic mass is 10.1. The van der Waals surface area contributed by atoms with Gasteiger partial charge in [-0.1, -0.05) is 6.92 Å². The van der Waals surface area contributed by atoms with Crippen molar-refractivity contribution in [3.63, 3.8) is 0 Å². The quantitative estimate of drug-likeness (QED) is 0.896. The molecule has 0 amide bonds. The van der Waals surface area contributed by atoms with Crippen LogP contribution < -0.4 is 4.72 Å². The molecule has 0 aliphatic carbocycles. The van der Waals surface area contributed by atoms with Gasteiger partial charge in [-0.25, -0.2) is 18.1 Å². The Bertz CT molecular complexity index is 769. The van der Waals surface area contributed by atoms with Crippen molar-refractivity contribution >= 4 is 21.1 Å². The smallest absolute Gasteiger partial charge is 0.243 e. The van der Waals surface area contributed by atoms with E-state index in [-0.39, 0.29) is 10.9 Å². The molecule has 2 atom stereocenters. The highest BCUT2D eigenvalue weighted by atomic mass is 32.2. The first kappa shape index (κ1) is 15.5. The van der Waals surface area contributed by atoms with E-state index in [0.717, 1.165) is 13.1 Å². The van der Waals surface area contributed by atoms with Crippen molar-refractivity contribution in [2.45, 2.75) is 37.8 Å². The van der Waals surface area contributed by atoms with Crippen molar-refractivity contribution in [1.82, 2.24) is 19.6 Å². The van der Waals surface area contributed by atoms with Crippen LogP contribution in [0.1, 0.15) is 20.8 Å². The summed E-state index contributed by atoms with van der Waals surface area (Å²) < 4.78 is 28.3. The van der Waals surface area contributed by atoms with Gasteiger partial charge in [-0.05, 0) is 31.9 Å². The van der Waals surface area contributed by atoms with Gasteiger partial charge in [-0.2, -0.15) is 0 Å². The lowest BCUT2D eigenvalue weighted by Gasteiger charge is -2.20. The molecule has 0 spiro atoms. The molecule has 3 rings (SSSR count). The predicted molar refractivity (Wildman–Crippen MR) is 86.1 cm³/mol. The molecule has 7 heteroatoms. The predicted octanol–water partition coefficient (Wildman–Crippen LogP) is 1.57. The number of pyridine rings is 1. The van der Waals surface area contributed by atoms with E-state index in [1.807, 2.05) is 0 Å². The minimum Gasteiger partial charge on any atom is -0.345 e. The van der Waals surface area contributed by atoms with Gasteiger partial charge in [-0.3, -0.25) is 4.90 Å². The fourth-order valence-corrected chi connectivity index (χ4v) is 4.50. The molecule has 0 saturated carbocycles. The van der Waals surface area contributed by atoms with Gasteiger partial charge < -0.3 is 4.98 Å². The third-order valence-electron chi connectivity index (χ3n) is 4.38. The van der Waals surface area contributed by atoms with E-state index in [2.05, 4.69) is 40.4 Å². The Labute approximate surface area is 131 Å². The standard InChI is InChI=1S/C15H22N4O2S/c1-10(2)19-8-11(3)13(9-19)18-22(20,21)14-7-17-15-12(14)5-4-6-16-15/h4-7,10-11,13,18H,8-9H2,1-3H3,(H,16,17)/t11-,13-/m1/s1. The van der Waals surface area contributed by atoms with E-state index < -0.39 is 10.0 Å². The second-order valence-corrected chi connectivity index (χ2v) is 7.99. The second kappa shape index (κ2) is 5.64. The zero-order chi connectivity index (χ0) is 15.9. The number of fused-ring (bicyclic) bond motifs is 1. The molecule has 1 fully saturated rings. The highest BCUT2D eigenvalue weighted by Crippen LogP contribution is 2.24. The van der Waals surface area contributed by atoms with E-state index in [1.54, 1.807) is 18.3 Å². The van der Waals surface area contributed by atoms with Crippen molar-refractivity contribution in [2.75, 3.05) is 13.1 Å². The van der Waals surface area contributed by atoms with Crippen LogP contribution in [0.15, 0.2) is 29.4 Å². The van der Waals surface area contributed by atoms with Crippen LogP contribution in [0.2, 0.25) is 0 Å². The monoisotopic (exact) mass is 322 g/mol. The third kappa shape index (κ3) is 2.76. The van der Waals surface area contributed by atoms with E-state index in [1.165, 1.54) is 6.20 Å². The number of nitrogens with zero attached hydrogens (tertiary/aromatic N) is 2. The highest BCUT2D eigenvalue weighted by molar-refractivity contribution is 7.89. The number of sulfonamides is 1. The fraction of sp³-hybridized carbons (Fsp3) is 0.533. The Morgan fingerprint density at radius 1 is 1.41 bits per heavy atom. The van der Waals surface area contributed by atoms with Crippen molar-refractivity contribution in [1.29, 1.82) is 0 Å². The Kier molecular flexibility index (Phi) is 3.96. The van der Waals surface area contributed by atoms with Gasteiger partial charge in [0.2, 0.25) is 10.0 Å². The van der Waals surface area contributed by atoms with Crippen LogP contribution in [0, 0.1) is 5.92 Å². The molecule has 2 aromatic heterocycles. The number of aromatic amines is 1. The Balaban J connectivity index is 1.85. The molecule has 2 aromatic rings. The van der Waals surface area contributed by atoms with Crippen LogP contribution in [0.4, 0.5) is 0 Å². The van der Waals surface area contributed by atoms with Gasteiger partial charge in [-0.15, -0.1) is 0 Å². The summed E-state index contributed by atoms with van der Waals surface area (Å²) in [6.45, 7) is 8.02. The summed E-state index contributed by atoms with van der Waals surface area (Å²) in [7, 11) is -3.56. The number of hydrogen-bond acceptors (Lipinski definition) is 4. The number of aromatic nitrogens is 2. The van der Waals surface area contributed by atoms with E-state index >= 15 is 0 Å². The van der Waals surface area contributed by atoms with Crippen LogP contribution in [0.25, 0.3) is 11.0 Å². The zero-order valence-corrected chi connectivity index (χ0v) is 13.9. The second-order valence-electron chi connectivity index (χ2n) is 6.31. The molecule has 1 saturated heterocycles. The van der Waals surface area contributed by atoms with Gasteiger partial charge >= 0.3 is 0 Å². The van der Waals surface area contributed by atoms with E-state index in [9.17, 15) is 8.42 Å². The first-order valence-corrected chi connectivity index (χ1v) is 9.05. The van der Waals surface area contributed by atoms with E-state index in [4.69, 9.17) is 0 Å². The number of rotatable bonds is 4. The molecule has 1 aliphatic rings. The number of likely N-dealkylation sites (tertiary alicyclic amines) is 1. The van der Waals surface area contributed by atoms with Crippen molar-refractivity contribution in [2.24, 2.45) is 5.92 Å². The van der Waals surface area contributed by atoms with Gasteiger partial charge in [0.1, 0.15) is 10.5 Å². The first-order valence-electron chi connectivity index (χ1n) is 7.57. The van der Waals surface area contributed by atoms with Gasteiger partial charge in [0.25, 0.3) is 0 Å². The molecular weight excluding hydrogens is 300 g/mol. The summed E-state index contributed by atoms with van der Waals surface area (Å²) >= 11 is 0. The highest BCUT2D eigenvalue weighted by Gasteiger charge is 2.34. The topological polar surface area (TPSA) is 78.1 Å². The lowest BCUT2D eigenvalue weighted by Crippen LogP contribution is -2.40. The number of hydrogen-bond donors (Lipinski definition) is 2. The molecule has 120 valence electrons. The zero-order valence-electron chi connectivity index (χ0n) is 13.1. The molecule has 0 radical (unpaired) electrons. The van der Waals surface area contributed by atoms with Crippen LogP contribution in [0.3, 0.4) is 0 Å². The van der Waals surface area contributed by atoms with Gasteiger partial charge in [0, 0.05) is 43.0 Å². The first-order chi connectivity index (χ1) is 10.4. The minimum atomic E-state index is -3.56. The van der Waals surface area contributed by atoms with Crippen molar-refractivity contribution in [3.05, 3.63) is 24.5 Å². The van der Waals surface area contributed by atoms with Crippen LogP contribution >= 0.6 is 0 Å². The third-order valence-corrected chi connectivity index (χ3v) is 5.91. The fourth-order valence-electron chi connectivity index (χ4n) is 3.00. The Morgan fingerprint density at radius 2 is 2.18 bits per heavy atom. The molecule has 0 aromatic carbocycles. The lowest BCUT2D eigenvalue weighted by molar-refractivity contribution is 0.265. The summed E-state index contributed by atoms with van der Waals surface area (Å²) in [4.78, 5) is 9.63. The van der Waals surface area contributed by atoms with Crippen LogP contribution in [0.5, 0.6) is 0 Å². The number of H-pyrrole nitrogens is 1. The average Bonchev–Trinajstić information content (AvgIpc) is 3.03. The van der Waals surface area contributed by atoms with Gasteiger partial charge in [0.15, 0.2) is 0 Å². The molecule has 0 bridgehead atoms. The number of nitrogens with one attached hydrogen (secondary N) is 2. The molecule has 1 aliphatic heterocycles. The maximum atomic E-state index is 12.7. The van der Waals surface area contributed by atoms with Crippen LogP contribution in [-0.2, 0) is 10.0 Å². The summed E-state index contributed by atoms with van der Waals surface area (Å²) in [5, 5.41) is 0.626. The summed E-state index contributed by atoms with van der Waals surface area (Å²) in [5.74, 6) is 0.292. The maximum absolute atomic E-state index is 12.7. The minimum absolute atomic E-state index is 0.0611. The SMILES string of the molecule is CC(C)N1C[C@@H](C)[C@H](NS(=O)(=O)c2c[nH]c3ncccc23)C1. The van der Waals surface area contributed by atoms with Gasteiger partial charge in [0.05, 0.1) is 0 Å².